The molecule has 0 fully saturated rings. The smallest absolute Gasteiger partial charge is 0.257 e. The molecule has 1 amide bonds. The van der Waals surface area contributed by atoms with Crippen LogP contribution in [0.2, 0.25) is 0 Å². The molecule has 2 heterocycles. The highest BCUT2D eigenvalue weighted by Gasteiger charge is 2.16. The number of hydrogen-bond acceptors (Lipinski definition) is 4. The molecule has 2 N–H and O–H groups in total. The van der Waals surface area contributed by atoms with Crippen LogP contribution in [0.3, 0.4) is 0 Å². The highest BCUT2D eigenvalue weighted by molar-refractivity contribution is 14.1. The molecule has 0 unspecified atom stereocenters. The lowest BCUT2D eigenvalue weighted by atomic mass is 10.2. The summed E-state index contributed by atoms with van der Waals surface area (Å²) in [5, 5.41) is 7.21. The Hall–Kier alpha value is -2.49. The number of hydrogen-bond donors (Lipinski definition) is 2. The van der Waals surface area contributed by atoms with Gasteiger partial charge in [0.1, 0.15) is 5.82 Å². The Morgan fingerprint density at radius 3 is 2.81 bits per heavy atom. The van der Waals surface area contributed by atoms with Gasteiger partial charge in [-0.3, -0.25) is 14.6 Å². The van der Waals surface area contributed by atoms with Crippen molar-refractivity contribution in [2.24, 2.45) is 0 Å². The number of aromatic amines is 1. The van der Waals surface area contributed by atoms with Crippen LogP contribution in [0, 0.1) is 10.5 Å². The zero-order valence-corrected chi connectivity index (χ0v) is 16.6. The number of aromatic nitrogens is 4. The van der Waals surface area contributed by atoms with E-state index >= 15 is 0 Å². The molecule has 0 aliphatic heterocycles. The lowest BCUT2D eigenvalue weighted by Crippen LogP contribution is -2.19. The molecule has 8 heteroatoms. The van der Waals surface area contributed by atoms with Crippen LogP contribution in [0.25, 0.3) is 5.95 Å². The molecule has 26 heavy (non-hydrogen) atoms. The topological polar surface area (TPSA) is 92.7 Å². The molecular formula is C18H18IN5O2. The summed E-state index contributed by atoms with van der Waals surface area (Å²) in [6.45, 7) is 3.83. The number of anilines is 1. The number of aryl methyl sites for hydroxylation is 2. The van der Waals surface area contributed by atoms with Crippen LogP contribution >= 0.6 is 22.6 Å². The zero-order valence-electron chi connectivity index (χ0n) is 14.4. The van der Waals surface area contributed by atoms with E-state index in [2.05, 4.69) is 43.0 Å². The molecule has 134 valence electrons. The lowest BCUT2D eigenvalue weighted by molar-refractivity contribution is 0.102. The fourth-order valence-electron chi connectivity index (χ4n) is 2.56. The van der Waals surface area contributed by atoms with Crippen molar-refractivity contribution < 1.29 is 4.79 Å². The summed E-state index contributed by atoms with van der Waals surface area (Å²) in [4.78, 5) is 31.7. The quantitative estimate of drug-likeness (QED) is 0.569. The fraction of sp³-hybridized carbons (Fsp3) is 0.222. The predicted octanol–water partition coefficient (Wildman–Crippen LogP) is 3.07. The van der Waals surface area contributed by atoms with Crippen molar-refractivity contribution in [3.8, 4) is 5.95 Å². The first-order valence-corrected chi connectivity index (χ1v) is 9.29. The second-order valence-corrected chi connectivity index (χ2v) is 6.99. The van der Waals surface area contributed by atoms with Crippen molar-refractivity contribution in [1.29, 1.82) is 0 Å². The zero-order chi connectivity index (χ0) is 18.7. The van der Waals surface area contributed by atoms with E-state index in [4.69, 9.17) is 0 Å². The maximum absolute atomic E-state index is 12.6. The molecule has 0 atom stereocenters. The first kappa shape index (κ1) is 18.3. The minimum Gasteiger partial charge on any atom is -0.306 e. The third-order valence-corrected chi connectivity index (χ3v) is 4.62. The molecule has 0 saturated heterocycles. The van der Waals surface area contributed by atoms with Gasteiger partial charge in [-0.15, -0.1) is 0 Å². The lowest BCUT2D eigenvalue weighted by Gasteiger charge is -2.10. The molecule has 0 radical (unpaired) electrons. The molecule has 3 aromatic rings. The van der Waals surface area contributed by atoms with Crippen molar-refractivity contribution in [2.45, 2.75) is 26.7 Å². The van der Waals surface area contributed by atoms with E-state index in [1.165, 1.54) is 10.7 Å². The second-order valence-electron chi connectivity index (χ2n) is 5.83. The normalized spacial score (nSPS) is 10.7. The van der Waals surface area contributed by atoms with Gasteiger partial charge in [-0.25, -0.2) is 4.98 Å². The summed E-state index contributed by atoms with van der Waals surface area (Å²) in [5.41, 5.74) is 1.71. The molecule has 2 aromatic heterocycles. The number of benzene rings is 1. The second kappa shape index (κ2) is 7.81. The van der Waals surface area contributed by atoms with Crippen LogP contribution in [0.5, 0.6) is 0 Å². The Labute approximate surface area is 164 Å². The van der Waals surface area contributed by atoms with Gasteiger partial charge in [0.2, 0.25) is 5.95 Å². The molecule has 7 nitrogen and oxygen atoms in total. The minimum absolute atomic E-state index is 0.247. The number of nitrogens with zero attached hydrogens (tertiary/aromatic N) is 3. The molecule has 0 aliphatic rings. The summed E-state index contributed by atoms with van der Waals surface area (Å²) in [7, 11) is 0. The van der Waals surface area contributed by atoms with Crippen molar-refractivity contribution in [2.75, 3.05) is 5.32 Å². The first-order chi connectivity index (χ1) is 12.5. The largest absolute Gasteiger partial charge is 0.306 e. The summed E-state index contributed by atoms with van der Waals surface area (Å²) in [5.74, 6) is 0.485. The summed E-state index contributed by atoms with van der Waals surface area (Å²) in [6, 6.07) is 10.5. The SMILES string of the molecule is CCCc1cc(=O)[nH]c(-n2nc(C)cc2NC(=O)c2ccccc2I)n1. The van der Waals surface area contributed by atoms with Crippen LogP contribution in [0.4, 0.5) is 5.82 Å². The van der Waals surface area contributed by atoms with E-state index < -0.39 is 0 Å². The average Bonchev–Trinajstić information content (AvgIpc) is 2.95. The monoisotopic (exact) mass is 463 g/mol. The minimum atomic E-state index is -0.249. The van der Waals surface area contributed by atoms with E-state index in [0.29, 0.717) is 29.2 Å². The van der Waals surface area contributed by atoms with Gasteiger partial charge in [0, 0.05) is 21.4 Å². The fourth-order valence-corrected chi connectivity index (χ4v) is 3.19. The van der Waals surface area contributed by atoms with Gasteiger partial charge in [-0.2, -0.15) is 9.78 Å². The van der Waals surface area contributed by atoms with Gasteiger partial charge in [0.25, 0.3) is 11.5 Å². The van der Waals surface area contributed by atoms with E-state index in [1.807, 2.05) is 32.0 Å². The maximum atomic E-state index is 12.6. The van der Waals surface area contributed by atoms with Gasteiger partial charge in [-0.05, 0) is 48.1 Å². The highest BCUT2D eigenvalue weighted by atomic mass is 127. The Morgan fingerprint density at radius 2 is 2.08 bits per heavy atom. The van der Waals surface area contributed by atoms with Crippen LogP contribution < -0.4 is 10.9 Å². The number of nitrogens with one attached hydrogen (secondary N) is 2. The first-order valence-electron chi connectivity index (χ1n) is 8.21. The average molecular weight is 463 g/mol. The van der Waals surface area contributed by atoms with Crippen molar-refractivity contribution in [3.63, 3.8) is 0 Å². The third-order valence-electron chi connectivity index (χ3n) is 3.68. The Balaban J connectivity index is 1.98. The molecule has 0 saturated carbocycles. The molecule has 0 aliphatic carbocycles. The van der Waals surface area contributed by atoms with Gasteiger partial charge in [0.05, 0.1) is 11.3 Å². The molecule has 0 bridgehead atoms. The molecule has 3 rings (SSSR count). The van der Waals surface area contributed by atoms with E-state index in [-0.39, 0.29) is 17.4 Å². The molecule has 0 spiro atoms. The van der Waals surface area contributed by atoms with E-state index in [9.17, 15) is 9.59 Å². The van der Waals surface area contributed by atoms with Crippen LogP contribution in [-0.2, 0) is 6.42 Å². The number of halogens is 1. The Morgan fingerprint density at radius 1 is 1.31 bits per heavy atom. The summed E-state index contributed by atoms with van der Waals surface area (Å²) >= 11 is 2.12. The Bertz CT molecular complexity index is 1010. The third kappa shape index (κ3) is 4.01. The van der Waals surface area contributed by atoms with Crippen LogP contribution in [0.1, 0.15) is 35.1 Å². The van der Waals surface area contributed by atoms with E-state index in [1.54, 1.807) is 12.1 Å². The van der Waals surface area contributed by atoms with Crippen LogP contribution in [0.15, 0.2) is 41.2 Å². The molecular weight excluding hydrogens is 445 g/mol. The number of carbonyl (C=O) groups excluding carboxylic acids is 1. The summed E-state index contributed by atoms with van der Waals surface area (Å²) in [6.07, 6.45) is 1.57. The van der Waals surface area contributed by atoms with Crippen molar-refractivity contribution >= 4 is 34.3 Å². The number of carbonyl (C=O) groups is 1. The number of amides is 1. The van der Waals surface area contributed by atoms with Crippen molar-refractivity contribution in [1.82, 2.24) is 19.7 Å². The van der Waals surface area contributed by atoms with Gasteiger partial charge in [0.15, 0.2) is 0 Å². The van der Waals surface area contributed by atoms with Gasteiger partial charge < -0.3 is 5.32 Å². The number of rotatable bonds is 5. The van der Waals surface area contributed by atoms with Gasteiger partial charge >= 0.3 is 0 Å². The highest BCUT2D eigenvalue weighted by Crippen LogP contribution is 2.17. The van der Waals surface area contributed by atoms with Gasteiger partial charge in [-0.1, -0.05) is 25.5 Å². The standard InChI is InChI=1S/C18H18IN5O2/c1-3-6-12-10-16(25)22-18(20-12)24-15(9-11(2)23-24)21-17(26)13-7-4-5-8-14(13)19/h4-5,7-10H,3,6H2,1-2H3,(H,21,26)(H,20,22,25). The van der Waals surface area contributed by atoms with Crippen molar-refractivity contribution in [3.05, 3.63) is 67.3 Å². The maximum Gasteiger partial charge on any atom is 0.257 e. The van der Waals surface area contributed by atoms with Crippen LogP contribution in [-0.4, -0.2) is 25.7 Å². The summed E-state index contributed by atoms with van der Waals surface area (Å²) < 4.78 is 2.30. The predicted molar refractivity (Wildman–Crippen MR) is 108 cm³/mol. The number of H-pyrrole nitrogens is 1. The van der Waals surface area contributed by atoms with E-state index in [0.717, 1.165) is 9.99 Å². The molecule has 1 aromatic carbocycles. The Kier molecular flexibility index (Phi) is 5.50.